The van der Waals surface area contributed by atoms with E-state index >= 15 is 0 Å². The van der Waals surface area contributed by atoms with Gasteiger partial charge in [-0.05, 0) is 30.5 Å². The highest BCUT2D eigenvalue weighted by Gasteiger charge is 2.33. The molecule has 0 radical (unpaired) electrons. The van der Waals surface area contributed by atoms with Crippen molar-refractivity contribution in [3.05, 3.63) is 33.8 Å². The van der Waals surface area contributed by atoms with Crippen LogP contribution >= 0.6 is 15.9 Å². The number of carbonyl (C=O) groups is 1. The first kappa shape index (κ1) is 15.4. The molecule has 0 saturated heterocycles. The van der Waals surface area contributed by atoms with Crippen LogP contribution in [0.1, 0.15) is 41.6 Å². The van der Waals surface area contributed by atoms with Crippen LogP contribution in [0.2, 0.25) is 0 Å². The number of amides is 1. The van der Waals surface area contributed by atoms with Crippen molar-refractivity contribution in [2.45, 2.75) is 31.9 Å². The van der Waals surface area contributed by atoms with Gasteiger partial charge in [0.2, 0.25) is 0 Å². The van der Waals surface area contributed by atoms with Gasteiger partial charge in [0.05, 0.1) is 5.56 Å². The molecule has 2 nitrogen and oxygen atoms in total. The number of hydrogen-bond donors (Lipinski definition) is 1. The molecule has 110 valence electrons. The lowest BCUT2D eigenvalue weighted by Crippen LogP contribution is -2.27. The summed E-state index contributed by atoms with van der Waals surface area (Å²) in [5.74, 6) is 0.202. The highest BCUT2D eigenvalue weighted by atomic mass is 79.9. The van der Waals surface area contributed by atoms with Crippen LogP contribution in [0.15, 0.2) is 22.7 Å². The minimum absolute atomic E-state index is 0.0362. The lowest BCUT2D eigenvalue weighted by molar-refractivity contribution is -0.138. The van der Waals surface area contributed by atoms with Crippen molar-refractivity contribution in [2.75, 3.05) is 6.54 Å². The lowest BCUT2D eigenvalue weighted by atomic mass is 9.83. The molecule has 0 aliphatic heterocycles. The first-order chi connectivity index (χ1) is 9.38. The highest BCUT2D eigenvalue weighted by Crippen LogP contribution is 2.35. The van der Waals surface area contributed by atoms with Crippen molar-refractivity contribution >= 4 is 21.8 Å². The zero-order valence-corrected chi connectivity index (χ0v) is 12.4. The summed E-state index contributed by atoms with van der Waals surface area (Å²) in [5, 5.41) is 2.67. The molecule has 1 aromatic carbocycles. The predicted molar refractivity (Wildman–Crippen MR) is 73.4 cm³/mol. The number of hydrogen-bond acceptors (Lipinski definition) is 1. The van der Waals surface area contributed by atoms with Crippen LogP contribution in [0.25, 0.3) is 0 Å². The predicted octanol–water partition coefficient (Wildman–Crippen LogP) is 4.39. The molecule has 1 aromatic rings. The van der Waals surface area contributed by atoms with Crippen molar-refractivity contribution in [2.24, 2.45) is 5.92 Å². The third-order valence-corrected chi connectivity index (χ3v) is 4.29. The summed E-state index contributed by atoms with van der Waals surface area (Å²) in [6.07, 6.45) is 0.0362. The van der Waals surface area contributed by atoms with Crippen molar-refractivity contribution in [1.82, 2.24) is 5.32 Å². The zero-order valence-electron chi connectivity index (χ0n) is 10.8. The molecule has 6 heteroatoms. The van der Waals surface area contributed by atoms with Crippen molar-refractivity contribution in [3.8, 4) is 0 Å². The average molecular weight is 350 g/mol. The maximum atomic E-state index is 12.7. The maximum Gasteiger partial charge on any atom is 0.417 e. The molecule has 1 N–H and O–H groups in total. The van der Waals surface area contributed by atoms with E-state index in [-0.39, 0.29) is 10.0 Å². The Kier molecular flexibility index (Phi) is 4.73. The van der Waals surface area contributed by atoms with Crippen LogP contribution in [0.4, 0.5) is 13.2 Å². The number of rotatable bonds is 4. The second kappa shape index (κ2) is 6.16. The average Bonchev–Trinajstić information content (AvgIpc) is 2.31. The molecule has 1 aliphatic carbocycles. The van der Waals surface area contributed by atoms with Gasteiger partial charge in [0, 0.05) is 16.6 Å². The Morgan fingerprint density at radius 3 is 2.60 bits per heavy atom. The van der Waals surface area contributed by atoms with E-state index < -0.39 is 17.6 Å². The monoisotopic (exact) mass is 349 g/mol. The summed E-state index contributed by atoms with van der Waals surface area (Å²) >= 11 is 2.85. The Bertz CT molecular complexity index is 498. The molecular weight excluding hydrogens is 335 g/mol. The Morgan fingerprint density at radius 1 is 1.35 bits per heavy atom. The first-order valence-electron chi connectivity index (χ1n) is 6.53. The second-order valence-corrected chi connectivity index (χ2v) is 5.89. The number of halogens is 4. The third kappa shape index (κ3) is 3.75. The van der Waals surface area contributed by atoms with Crippen LogP contribution in [-0.4, -0.2) is 12.5 Å². The van der Waals surface area contributed by atoms with Crippen molar-refractivity contribution in [1.29, 1.82) is 0 Å². The Balaban J connectivity index is 1.98. The van der Waals surface area contributed by atoms with Gasteiger partial charge in [-0.15, -0.1) is 0 Å². The standard InChI is InChI=1S/C14H15BrF3NO/c15-12-5-4-10(8-11(12)14(16,17)18)13(20)19-7-6-9-2-1-3-9/h4-5,8-9H,1-3,6-7H2,(H,19,20). The summed E-state index contributed by atoms with van der Waals surface area (Å²) in [5.41, 5.74) is -0.793. The molecule has 20 heavy (non-hydrogen) atoms. The third-order valence-electron chi connectivity index (χ3n) is 3.60. The van der Waals surface area contributed by atoms with Gasteiger partial charge in [0.25, 0.3) is 5.91 Å². The fraction of sp³-hybridized carbons (Fsp3) is 0.500. The van der Waals surface area contributed by atoms with E-state index in [4.69, 9.17) is 0 Å². The molecule has 0 bridgehead atoms. The van der Waals surface area contributed by atoms with Gasteiger partial charge in [-0.25, -0.2) is 0 Å². The van der Waals surface area contributed by atoms with Gasteiger partial charge < -0.3 is 5.32 Å². The number of benzene rings is 1. The normalized spacial score (nSPS) is 15.8. The van der Waals surface area contributed by atoms with Crippen molar-refractivity contribution in [3.63, 3.8) is 0 Å². The van der Waals surface area contributed by atoms with E-state index in [1.807, 2.05) is 0 Å². The molecule has 0 aromatic heterocycles. The summed E-state index contributed by atoms with van der Waals surface area (Å²) < 4.78 is 38.2. The van der Waals surface area contributed by atoms with Gasteiger partial charge in [0.1, 0.15) is 0 Å². The SMILES string of the molecule is O=C(NCCC1CCC1)c1ccc(Br)c(C(F)(F)F)c1. The Hall–Kier alpha value is -1.04. The smallest absolute Gasteiger partial charge is 0.352 e. The minimum atomic E-state index is -4.47. The van der Waals surface area contributed by atoms with E-state index in [0.29, 0.717) is 12.5 Å². The number of alkyl halides is 3. The van der Waals surface area contributed by atoms with Crippen LogP contribution in [0.5, 0.6) is 0 Å². The molecule has 1 amide bonds. The van der Waals surface area contributed by atoms with Crippen LogP contribution < -0.4 is 5.32 Å². The summed E-state index contributed by atoms with van der Waals surface area (Å²) in [6, 6.07) is 3.52. The molecule has 1 aliphatic rings. The molecule has 0 heterocycles. The Labute approximate surface area is 123 Å². The quantitative estimate of drug-likeness (QED) is 0.858. The molecule has 2 rings (SSSR count). The van der Waals surface area contributed by atoms with Crippen molar-refractivity contribution < 1.29 is 18.0 Å². The van der Waals surface area contributed by atoms with Gasteiger partial charge in [0.15, 0.2) is 0 Å². The van der Waals surface area contributed by atoms with E-state index in [2.05, 4.69) is 21.2 Å². The fourth-order valence-corrected chi connectivity index (χ4v) is 2.63. The minimum Gasteiger partial charge on any atom is -0.352 e. The summed E-state index contributed by atoms with van der Waals surface area (Å²) in [6.45, 7) is 0.515. The van der Waals surface area contributed by atoms with Gasteiger partial charge >= 0.3 is 6.18 Å². The molecule has 0 spiro atoms. The molecule has 1 saturated carbocycles. The molecule has 1 fully saturated rings. The Morgan fingerprint density at radius 2 is 2.05 bits per heavy atom. The second-order valence-electron chi connectivity index (χ2n) is 5.03. The molecule has 0 atom stereocenters. The summed E-state index contributed by atoms with van der Waals surface area (Å²) in [4.78, 5) is 11.8. The fourth-order valence-electron chi connectivity index (χ4n) is 2.16. The summed E-state index contributed by atoms with van der Waals surface area (Å²) in [7, 11) is 0. The van der Waals surface area contributed by atoms with Crippen LogP contribution in [0.3, 0.4) is 0 Å². The van der Waals surface area contributed by atoms with Crippen LogP contribution in [-0.2, 0) is 6.18 Å². The van der Waals surface area contributed by atoms with E-state index in [9.17, 15) is 18.0 Å². The number of carbonyl (C=O) groups excluding carboxylic acids is 1. The first-order valence-corrected chi connectivity index (χ1v) is 7.32. The highest BCUT2D eigenvalue weighted by molar-refractivity contribution is 9.10. The van der Waals surface area contributed by atoms with E-state index in [1.165, 1.54) is 31.4 Å². The van der Waals surface area contributed by atoms with E-state index in [0.717, 1.165) is 12.5 Å². The van der Waals surface area contributed by atoms with Gasteiger partial charge in [-0.2, -0.15) is 13.2 Å². The van der Waals surface area contributed by atoms with E-state index in [1.54, 1.807) is 0 Å². The topological polar surface area (TPSA) is 29.1 Å². The lowest BCUT2D eigenvalue weighted by Gasteiger charge is -2.25. The largest absolute Gasteiger partial charge is 0.417 e. The zero-order chi connectivity index (χ0) is 14.8. The maximum absolute atomic E-state index is 12.7. The number of nitrogens with one attached hydrogen (secondary N) is 1. The van der Waals surface area contributed by atoms with Gasteiger partial charge in [-0.1, -0.05) is 35.2 Å². The van der Waals surface area contributed by atoms with Crippen LogP contribution in [0, 0.1) is 5.92 Å². The molecular formula is C14H15BrF3NO. The molecule has 0 unspecified atom stereocenters. The van der Waals surface area contributed by atoms with Gasteiger partial charge in [-0.3, -0.25) is 4.79 Å².